The van der Waals surface area contributed by atoms with Gasteiger partial charge in [-0.25, -0.2) is 9.40 Å². The van der Waals surface area contributed by atoms with Gasteiger partial charge in [0.15, 0.2) is 10.8 Å². The molecule has 1 aromatic carbocycles. The van der Waals surface area contributed by atoms with Crippen molar-refractivity contribution in [2.75, 3.05) is 5.32 Å². The molecule has 0 spiro atoms. The smallest absolute Gasteiger partial charge is 0.196 e. The minimum Gasteiger partial charge on any atom is -0.368 e. The second-order valence-electron chi connectivity index (χ2n) is 7.50. The number of aliphatic hydroxyl groups is 1. The summed E-state index contributed by atoms with van der Waals surface area (Å²) in [7, 11) is 0. The highest BCUT2D eigenvalue weighted by atomic mass is 32.1. The Balaban J connectivity index is 1.56. The van der Waals surface area contributed by atoms with Crippen LogP contribution in [-0.4, -0.2) is 26.7 Å². The normalized spacial score (nSPS) is 36.3. The number of thiocarbonyl (C=S) groups is 1. The van der Waals surface area contributed by atoms with Crippen LogP contribution in [0.2, 0.25) is 0 Å². The Morgan fingerprint density at radius 3 is 2.70 bits per heavy atom. The van der Waals surface area contributed by atoms with E-state index >= 15 is 0 Å². The molecule has 2 aliphatic carbocycles. The summed E-state index contributed by atoms with van der Waals surface area (Å²) >= 11 is 5.44. The van der Waals surface area contributed by atoms with Crippen molar-refractivity contribution in [1.29, 1.82) is 0 Å². The maximum absolute atomic E-state index is 13.0. The Bertz CT molecular complexity index is 717. The lowest BCUT2D eigenvalue weighted by atomic mass is 9.84. The number of hydrazone groups is 1. The summed E-state index contributed by atoms with van der Waals surface area (Å²) in [5.74, 6) is 0.720. The van der Waals surface area contributed by atoms with Crippen LogP contribution >= 0.6 is 12.2 Å². The number of rotatable bonds is 1. The van der Waals surface area contributed by atoms with Gasteiger partial charge in [0.05, 0.1) is 5.92 Å². The predicted octanol–water partition coefficient (Wildman–Crippen LogP) is 3.19. The molecule has 23 heavy (non-hydrogen) atoms. The fourth-order valence-corrected chi connectivity index (χ4v) is 4.94. The number of hydrogen-bond acceptors (Lipinski definition) is 3. The Hall–Kier alpha value is -1.53. The average Bonchev–Trinajstić information content (AvgIpc) is 2.79. The SMILES string of the molecule is CC1=NN(C(=S)Nc2ccc(F)cc2)[C@@]2(O)C[C@@H]3[C@H]([C@@H]12)C3(C)C. The summed E-state index contributed by atoms with van der Waals surface area (Å²) in [6, 6.07) is 5.97. The molecule has 3 aliphatic rings. The second-order valence-corrected chi connectivity index (χ2v) is 7.89. The summed E-state index contributed by atoms with van der Waals surface area (Å²) in [5, 5.41) is 20.7. The second kappa shape index (κ2) is 4.51. The van der Waals surface area contributed by atoms with Gasteiger partial charge >= 0.3 is 0 Å². The van der Waals surface area contributed by atoms with E-state index in [1.54, 1.807) is 17.1 Å². The fourth-order valence-electron chi connectivity index (χ4n) is 4.63. The topological polar surface area (TPSA) is 47.9 Å². The van der Waals surface area contributed by atoms with Crippen LogP contribution in [0, 0.1) is 29.0 Å². The summed E-state index contributed by atoms with van der Waals surface area (Å²) in [6.07, 6.45) is 0.682. The Labute approximate surface area is 140 Å². The Morgan fingerprint density at radius 1 is 1.39 bits per heavy atom. The van der Waals surface area contributed by atoms with Crippen LogP contribution < -0.4 is 5.32 Å². The van der Waals surface area contributed by atoms with E-state index in [4.69, 9.17) is 12.2 Å². The van der Waals surface area contributed by atoms with Crippen molar-refractivity contribution in [3.05, 3.63) is 30.1 Å². The zero-order chi connectivity index (χ0) is 16.6. The van der Waals surface area contributed by atoms with Gasteiger partial charge in [-0.05, 0) is 60.7 Å². The van der Waals surface area contributed by atoms with E-state index in [0.717, 1.165) is 5.71 Å². The van der Waals surface area contributed by atoms with Gasteiger partial charge in [0.2, 0.25) is 0 Å². The van der Waals surface area contributed by atoms with Crippen LogP contribution in [0.15, 0.2) is 29.4 Å². The summed E-state index contributed by atoms with van der Waals surface area (Å²) in [4.78, 5) is 0. The molecule has 4 rings (SSSR count). The van der Waals surface area contributed by atoms with Crippen molar-refractivity contribution in [3.8, 4) is 0 Å². The van der Waals surface area contributed by atoms with Crippen LogP contribution in [0.5, 0.6) is 0 Å². The van der Waals surface area contributed by atoms with E-state index in [9.17, 15) is 9.50 Å². The van der Waals surface area contributed by atoms with E-state index in [1.807, 2.05) is 6.92 Å². The van der Waals surface area contributed by atoms with Crippen LogP contribution in [0.25, 0.3) is 0 Å². The number of fused-ring (bicyclic) bond motifs is 3. The Kier molecular flexibility index (Phi) is 2.95. The minimum atomic E-state index is -1.03. The maximum atomic E-state index is 13.0. The number of halogens is 1. The third-order valence-electron chi connectivity index (χ3n) is 5.88. The number of benzene rings is 1. The first-order valence-corrected chi connectivity index (χ1v) is 8.30. The third-order valence-corrected chi connectivity index (χ3v) is 6.15. The van der Waals surface area contributed by atoms with Gasteiger partial charge in [-0.15, -0.1) is 0 Å². The zero-order valence-electron chi connectivity index (χ0n) is 13.4. The molecule has 6 heteroatoms. The van der Waals surface area contributed by atoms with Gasteiger partial charge in [-0.3, -0.25) is 0 Å². The van der Waals surface area contributed by atoms with Gasteiger partial charge in [0.1, 0.15) is 5.82 Å². The van der Waals surface area contributed by atoms with Crippen LogP contribution in [0.3, 0.4) is 0 Å². The van der Waals surface area contributed by atoms with Crippen LogP contribution in [-0.2, 0) is 0 Å². The lowest BCUT2D eigenvalue weighted by Crippen LogP contribution is -2.51. The first-order valence-electron chi connectivity index (χ1n) is 7.89. The van der Waals surface area contributed by atoms with Crippen molar-refractivity contribution in [1.82, 2.24) is 5.01 Å². The Morgan fingerprint density at radius 2 is 2.04 bits per heavy atom. The number of hydrogen-bond donors (Lipinski definition) is 2. The maximum Gasteiger partial charge on any atom is 0.196 e. The highest BCUT2D eigenvalue weighted by Crippen LogP contribution is 2.73. The number of nitrogens with one attached hydrogen (secondary N) is 1. The van der Waals surface area contributed by atoms with E-state index in [1.165, 1.54) is 12.1 Å². The van der Waals surface area contributed by atoms with E-state index in [2.05, 4.69) is 24.3 Å². The fraction of sp³-hybridized carbons (Fsp3) is 0.529. The van der Waals surface area contributed by atoms with Crippen molar-refractivity contribution < 1.29 is 9.50 Å². The third kappa shape index (κ3) is 1.97. The largest absolute Gasteiger partial charge is 0.368 e. The molecule has 0 amide bonds. The number of anilines is 1. The molecule has 2 fully saturated rings. The molecule has 0 aromatic heterocycles. The first kappa shape index (κ1) is 15.0. The molecule has 2 saturated carbocycles. The van der Waals surface area contributed by atoms with Gasteiger partial charge < -0.3 is 10.4 Å². The molecule has 0 radical (unpaired) electrons. The summed E-state index contributed by atoms with van der Waals surface area (Å²) < 4.78 is 13.0. The van der Waals surface area contributed by atoms with Crippen molar-refractivity contribution in [2.45, 2.75) is 32.9 Å². The standard InChI is InChI=1S/C17H20FN3OS/c1-9-13-14-12(16(14,2)3)8-17(13,22)21(20-9)15(23)19-11-6-4-10(18)5-7-11/h4-7,12-14,22H,8H2,1-3H3,(H,19,23)/t12-,13-,14-,17-/m1/s1. The van der Waals surface area contributed by atoms with Gasteiger partial charge in [-0.2, -0.15) is 5.10 Å². The molecule has 1 heterocycles. The lowest BCUT2D eigenvalue weighted by Gasteiger charge is -2.36. The predicted molar refractivity (Wildman–Crippen MR) is 91.4 cm³/mol. The van der Waals surface area contributed by atoms with E-state index in [-0.39, 0.29) is 17.2 Å². The average molecular weight is 333 g/mol. The molecular weight excluding hydrogens is 313 g/mol. The summed E-state index contributed by atoms with van der Waals surface area (Å²) in [5.41, 5.74) is 0.864. The van der Waals surface area contributed by atoms with Crippen LogP contribution in [0.4, 0.5) is 10.1 Å². The molecular formula is C17H20FN3OS. The molecule has 1 aliphatic heterocycles. The van der Waals surface area contributed by atoms with Gasteiger partial charge in [-0.1, -0.05) is 13.8 Å². The quantitative estimate of drug-likeness (QED) is 0.775. The van der Waals surface area contributed by atoms with E-state index < -0.39 is 5.72 Å². The molecule has 1 aromatic rings. The molecule has 122 valence electrons. The molecule has 0 saturated heterocycles. The minimum absolute atomic E-state index is 0.0375. The monoisotopic (exact) mass is 333 g/mol. The number of nitrogens with zero attached hydrogens (tertiary/aromatic N) is 2. The van der Waals surface area contributed by atoms with Gasteiger partial charge in [0.25, 0.3) is 0 Å². The first-order chi connectivity index (χ1) is 10.7. The molecule has 0 bridgehead atoms. The van der Waals surface area contributed by atoms with Crippen molar-refractivity contribution in [2.24, 2.45) is 28.3 Å². The molecule has 0 unspecified atom stereocenters. The lowest BCUT2D eigenvalue weighted by molar-refractivity contribution is -0.0845. The molecule has 2 N–H and O–H groups in total. The van der Waals surface area contributed by atoms with Crippen molar-refractivity contribution >= 4 is 28.7 Å². The highest BCUT2D eigenvalue weighted by Gasteiger charge is 2.75. The van der Waals surface area contributed by atoms with Crippen LogP contribution in [0.1, 0.15) is 27.2 Å². The molecule has 4 nitrogen and oxygen atoms in total. The summed E-state index contributed by atoms with van der Waals surface area (Å²) in [6.45, 7) is 6.48. The zero-order valence-corrected chi connectivity index (χ0v) is 14.2. The van der Waals surface area contributed by atoms with Crippen molar-refractivity contribution in [3.63, 3.8) is 0 Å². The van der Waals surface area contributed by atoms with Gasteiger partial charge in [0, 0.05) is 17.8 Å². The molecule has 4 atom stereocenters. The van der Waals surface area contributed by atoms with E-state index in [0.29, 0.717) is 29.1 Å². The highest BCUT2D eigenvalue weighted by molar-refractivity contribution is 7.80.